The molecule has 0 radical (unpaired) electrons. The van der Waals surface area contributed by atoms with E-state index in [0.29, 0.717) is 0 Å². The monoisotopic (exact) mass is 363 g/mol. The van der Waals surface area contributed by atoms with E-state index in [9.17, 15) is 4.79 Å². The Bertz CT molecular complexity index is 978. The Morgan fingerprint density at radius 3 is 2.70 bits per heavy atom. The highest BCUT2D eigenvalue weighted by Crippen LogP contribution is 2.36. The summed E-state index contributed by atoms with van der Waals surface area (Å²) in [5.74, 6) is 1.07. The summed E-state index contributed by atoms with van der Waals surface area (Å²) in [6.45, 7) is 2.06. The standard InChI is InChI=1S/C22H25N3O2/c1-15-9-11-17-18(25(15)22(26)27-3)12-13-19-21(17)23-20(24(19)2)14-10-16-7-5-4-6-8-16/h4-8,12-13,15H,9-11,14H2,1-3H3. The average Bonchev–Trinajstić information content (AvgIpc) is 3.02. The maximum atomic E-state index is 12.3. The van der Waals surface area contributed by atoms with Crippen LogP contribution in [0, 0.1) is 0 Å². The van der Waals surface area contributed by atoms with Gasteiger partial charge in [0.25, 0.3) is 0 Å². The van der Waals surface area contributed by atoms with Crippen molar-refractivity contribution in [3.63, 3.8) is 0 Å². The molecule has 3 aromatic rings. The number of carbonyl (C=O) groups is 1. The number of anilines is 1. The molecule has 2 heterocycles. The van der Waals surface area contributed by atoms with E-state index in [0.717, 1.165) is 53.8 Å². The molecule has 4 rings (SSSR count). The lowest BCUT2D eigenvalue weighted by Gasteiger charge is -2.34. The molecule has 5 heteroatoms. The average molecular weight is 363 g/mol. The van der Waals surface area contributed by atoms with Crippen LogP contribution in [-0.4, -0.2) is 28.8 Å². The fourth-order valence-electron chi connectivity index (χ4n) is 4.04. The smallest absolute Gasteiger partial charge is 0.414 e. The molecule has 1 aliphatic rings. The number of benzene rings is 2. The maximum Gasteiger partial charge on any atom is 0.414 e. The molecule has 27 heavy (non-hydrogen) atoms. The summed E-state index contributed by atoms with van der Waals surface area (Å²) >= 11 is 0. The van der Waals surface area contributed by atoms with Crippen LogP contribution in [0.4, 0.5) is 10.5 Å². The van der Waals surface area contributed by atoms with Crippen LogP contribution in [0.25, 0.3) is 11.0 Å². The van der Waals surface area contributed by atoms with Crippen LogP contribution in [0.1, 0.15) is 30.3 Å². The van der Waals surface area contributed by atoms with E-state index in [1.54, 1.807) is 4.90 Å². The predicted molar refractivity (Wildman–Crippen MR) is 107 cm³/mol. The molecule has 2 aromatic carbocycles. The maximum absolute atomic E-state index is 12.3. The van der Waals surface area contributed by atoms with Crippen molar-refractivity contribution in [1.29, 1.82) is 0 Å². The lowest BCUT2D eigenvalue weighted by atomic mass is 9.96. The minimum Gasteiger partial charge on any atom is -0.452 e. The fourth-order valence-corrected chi connectivity index (χ4v) is 4.04. The van der Waals surface area contributed by atoms with Crippen molar-refractivity contribution in [2.24, 2.45) is 7.05 Å². The first-order chi connectivity index (χ1) is 13.1. The Balaban J connectivity index is 1.71. The van der Waals surface area contributed by atoms with Gasteiger partial charge in [0.05, 0.1) is 23.8 Å². The number of aromatic nitrogens is 2. The first-order valence-corrected chi connectivity index (χ1v) is 9.48. The topological polar surface area (TPSA) is 47.4 Å². The van der Waals surface area contributed by atoms with Gasteiger partial charge >= 0.3 is 6.09 Å². The molecular weight excluding hydrogens is 338 g/mol. The van der Waals surface area contributed by atoms with Gasteiger partial charge in [0, 0.05) is 25.1 Å². The molecule has 1 aliphatic heterocycles. The zero-order valence-corrected chi connectivity index (χ0v) is 16.1. The molecule has 0 fully saturated rings. The molecule has 1 unspecified atom stereocenters. The Morgan fingerprint density at radius 1 is 1.19 bits per heavy atom. The summed E-state index contributed by atoms with van der Waals surface area (Å²) in [5, 5.41) is 0. The van der Waals surface area contributed by atoms with Crippen molar-refractivity contribution in [3.8, 4) is 0 Å². The second kappa shape index (κ2) is 7.06. The van der Waals surface area contributed by atoms with Crippen LogP contribution in [0.2, 0.25) is 0 Å². The van der Waals surface area contributed by atoms with Gasteiger partial charge in [0.15, 0.2) is 0 Å². The SMILES string of the molecule is COC(=O)N1c2ccc3c(nc(CCc4ccccc4)n3C)c2CCC1C. The van der Waals surface area contributed by atoms with Gasteiger partial charge in [-0.15, -0.1) is 0 Å². The first-order valence-electron chi connectivity index (χ1n) is 9.48. The van der Waals surface area contributed by atoms with E-state index in [4.69, 9.17) is 9.72 Å². The molecule has 1 aromatic heterocycles. The number of hydrogen-bond donors (Lipinski definition) is 0. The minimum absolute atomic E-state index is 0.128. The van der Waals surface area contributed by atoms with Crippen LogP contribution in [-0.2, 0) is 31.0 Å². The molecule has 0 saturated heterocycles. The number of carbonyl (C=O) groups excluding carboxylic acids is 1. The first kappa shape index (κ1) is 17.6. The second-order valence-corrected chi connectivity index (χ2v) is 7.23. The van der Waals surface area contributed by atoms with Crippen molar-refractivity contribution < 1.29 is 9.53 Å². The lowest BCUT2D eigenvalue weighted by Crippen LogP contribution is -2.42. The third kappa shape index (κ3) is 3.07. The number of rotatable bonds is 3. The van der Waals surface area contributed by atoms with Gasteiger partial charge < -0.3 is 9.30 Å². The number of imidazole rings is 1. The Labute approximate surface area is 159 Å². The van der Waals surface area contributed by atoms with Crippen molar-refractivity contribution in [1.82, 2.24) is 9.55 Å². The normalized spacial score (nSPS) is 16.4. The van der Waals surface area contributed by atoms with Gasteiger partial charge in [0.1, 0.15) is 5.82 Å². The van der Waals surface area contributed by atoms with E-state index in [2.05, 4.69) is 48.9 Å². The highest BCUT2D eigenvalue weighted by atomic mass is 16.5. The van der Waals surface area contributed by atoms with Gasteiger partial charge in [-0.3, -0.25) is 4.90 Å². The van der Waals surface area contributed by atoms with Crippen LogP contribution < -0.4 is 4.90 Å². The van der Waals surface area contributed by atoms with Gasteiger partial charge in [-0.05, 0) is 43.9 Å². The molecule has 1 atom stereocenters. The van der Waals surface area contributed by atoms with E-state index in [1.807, 2.05) is 12.1 Å². The summed E-state index contributed by atoms with van der Waals surface area (Å²) < 4.78 is 7.19. The number of hydrogen-bond acceptors (Lipinski definition) is 3. The van der Waals surface area contributed by atoms with E-state index >= 15 is 0 Å². The van der Waals surface area contributed by atoms with Crippen molar-refractivity contribution >= 4 is 22.8 Å². The van der Waals surface area contributed by atoms with E-state index < -0.39 is 0 Å². The van der Waals surface area contributed by atoms with Crippen LogP contribution in [0.5, 0.6) is 0 Å². The van der Waals surface area contributed by atoms with Gasteiger partial charge in [0.2, 0.25) is 0 Å². The van der Waals surface area contributed by atoms with Crippen LogP contribution in [0.15, 0.2) is 42.5 Å². The van der Waals surface area contributed by atoms with E-state index in [1.165, 1.54) is 12.7 Å². The summed E-state index contributed by atoms with van der Waals surface area (Å²) in [4.78, 5) is 19.0. The largest absolute Gasteiger partial charge is 0.452 e. The highest BCUT2D eigenvalue weighted by Gasteiger charge is 2.31. The number of fused-ring (bicyclic) bond motifs is 3. The molecule has 0 aliphatic carbocycles. The number of nitrogens with zero attached hydrogens (tertiary/aromatic N) is 3. The highest BCUT2D eigenvalue weighted by molar-refractivity contribution is 5.95. The van der Waals surface area contributed by atoms with Gasteiger partial charge in [-0.25, -0.2) is 9.78 Å². The number of ether oxygens (including phenoxy) is 1. The zero-order valence-electron chi connectivity index (χ0n) is 16.1. The summed E-state index contributed by atoms with van der Waals surface area (Å²) in [7, 11) is 3.51. The fraction of sp³-hybridized carbons (Fsp3) is 0.364. The molecule has 0 bridgehead atoms. The number of methoxy groups -OCH3 is 1. The predicted octanol–water partition coefficient (Wildman–Crippen LogP) is 4.27. The molecular formula is C22H25N3O2. The second-order valence-electron chi connectivity index (χ2n) is 7.23. The van der Waals surface area contributed by atoms with Crippen molar-refractivity contribution in [2.75, 3.05) is 12.0 Å². The lowest BCUT2D eigenvalue weighted by molar-refractivity contribution is 0.175. The molecule has 0 saturated carbocycles. The molecule has 0 spiro atoms. The molecule has 140 valence electrons. The third-order valence-electron chi connectivity index (χ3n) is 5.59. The Hall–Kier alpha value is -2.82. The molecule has 1 amide bonds. The summed E-state index contributed by atoms with van der Waals surface area (Å²) in [6.07, 6.45) is 3.39. The van der Waals surface area contributed by atoms with Gasteiger partial charge in [-0.2, -0.15) is 0 Å². The summed E-state index contributed by atoms with van der Waals surface area (Å²) in [5.41, 5.74) is 5.53. The van der Waals surface area contributed by atoms with Crippen molar-refractivity contribution in [3.05, 3.63) is 59.4 Å². The molecule has 5 nitrogen and oxygen atoms in total. The van der Waals surface area contributed by atoms with Gasteiger partial charge in [-0.1, -0.05) is 30.3 Å². The zero-order chi connectivity index (χ0) is 19.0. The molecule has 0 N–H and O–H groups in total. The minimum atomic E-state index is -0.303. The van der Waals surface area contributed by atoms with Crippen LogP contribution in [0.3, 0.4) is 0 Å². The number of amides is 1. The third-order valence-corrected chi connectivity index (χ3v) is 5.59. The van der Waals surface area contributed by atoms with E-state index in [-0.39, 0.29) is 12.1 Å². The quantitative estimate of drug-likeness (QED) is 0.698. The van der Waals surface area contributed by atoms with Crippen LogP contribution >= 0.6 is 0 Å². The Morgan fingerprint density at radius 2 is 1.96 bits per heavy atom. The van der Waals surface area contributed by atoms with Crippen molar-refractivity contribution in [2.45, 2.75) is 38.6 Å². The Kier molecular flexibility index (Phi) is 4.60. The number of aryl methyl sites for hydroxylation is 4. The summed E-state index contributed by atoms with van der Waals surface area (Å²) in [6, 6.07) is 14.7.